The Morgan fingerprint density at radius 3 is 2.60 bits per heavy atom. The van der Waals surface area contributed by atoms with Crippen LogP contribution in [0.5, 0.6) is 0 Å². The first-order valence-corrected chi connectivity index (χ1v) is 6.24. The molecule has 0 aromatic heterocycles. The number of nitrogen functional groups attached to an aromatic ring is 1. The summed E-state index contributed by atoms with van der Waals surface area (Å²) < 4.78 is 0. The number of nitriles is 2. The number of nitrogens with zero attached hydrogens (tertiary/aromatic N) is 2. The lowest BCUT2D eigenvalue weighted by Crippen LogP contribution is -1.97. The minimum atomic E-state index is 0.252. The summed E-state index contributed by atoms with van der Waals surface area (Å²) in [6, 6.07) is 14.5. The van der Waals surface area contributed by atoms with Crippen LogP contribution in [0.4, 0.5) is 17.1 Å². The van der Waals surface area contributed by atoms with Crippen molar-refractivity contribution in [2.75, 3.05) is 11.1 Å². The Morgan fingerprint density at radius 2 is 1.95 bits per heavy atom. The van der Waals surface area contributed by atoms with Crippen LogP contribution >= 0.6 is 11.6 Å². The van der Waals surface area contributed by atoms with Crippen molar-refractivity contribution in [1.29, 1.82) is 10.5 Å². The minimum Gasteiger partial charge on any atom is -0.398 e. The number of halogens is 1. The molecule has 5 heteroatoms. The first-order chi connectivity index (χ1) is 9.63. The zero-order chi connectivity index (χ0) is 14.5. The molecule has 0 radical (unpaired) electrons. The highest BCUT2D eigenvalue weighted by Gasteiger charge is 2.05. The Kier molecular flexibility index (Phi) is 4.10. The van der Waals surface area contributed by atoms with Crippen molar-refractivity contribution in [1.82, 2.24) is 0 Å². The van der Waals surface area contributed by atoms with Crippen LogP contribution in [0.25, 0.3) is 0 Å². The highest BCUT2D eigenvalue weighted by atomic mass is 35.5. The second-order valence-electron chi connectivity index (χ2n) is 4.18. The zero-order valence-electron chi connectivity index (χ0n) is 10.5. The average molecular weight is 283 g/mol. The maximum absolute atomic E-state index is 8.80. The second kappa shape index (κ2) is 5.97. The predicted octanol–water partition coefficient (Wildman–Crippen LogP) is 3.60. The molecule has 0 aliphatic heterocycles. The van der Waals surface area contributed by atoms with Gasteiger partial charge in [-0.2, -0.15) is 10.5 Å². The molecule has 0 saturated heterocycles. The van der Waals surface area contributed by atoms with E-state index in [0.717, 1.165) is 11.3 Å². The molecule has 0 heterocycles. The van der Waals surface area contributed by atoms with E-state index < -0.39 is 0 Å². The molecule has 0 saturated carbocycles. The van der Waals surface area contributed by atoms with E-state index in [2.05, 4.69) is 11.4 Å². The van der Waals surface area contributed by atoms with Gasteiger partial charge < -0.3 is 11.1 Å². The summed E-state index contributed by atoms with van der Waals surface area (Å²) in [6.07, 6.45) is 0.252. The first kappa shape index (κ1) is 13.7. The van der Waals surface area contributed by atoms with Crippen molar-refractivity contribution >= 4 is 28.7 Å². The molecule has 0 spiro atoms. The third-order valence-electron chi connectivity index (χ3n) is 2.79. The molecule has 20 heavy (non-hydrogen) atoms. The Bertz CT molecular complexity index is 726. The summed E-state index contributed by atoms with van der Waals surface area (Å²) in [4.78, 5) is 0. The smallest absolute Gasteiger partial charge is 0.0992 e. The molecule has 0 aliphatic rings. The first-order valence-electron chi connectivity index (χ1n) is 5.86. The van der Waals surface area contributed by atoms with Gasteiger partial charge in [0.1, 0.15) is 0 Å². The van der Waals surface area contributed by atoms with Gasteiger partial charge in [0.05, 0.1) is 34.8 Å². The van der Waals surface area contributed by atoms with Crippen LogP contribution in [0.2, 0.25) is 5.02 Å². The molecule has 2 aromatic carbocycles. The van der Waals surface area contributed by atoms with Gasteiger partial charge in [-0.15, -0.1) is 0 Å². The summed E-state index contributed by atoms with van der Waals surface area (Å²) in [5.74, 6) is 0. The Morgan fingerprint density at radius 1 is 1.15 bits per heavy atom. The van der Waals surface area contributed by atoms with E-state index in [9.17, 15) is 0 Å². The minimum absolute atomic E-state index is 0.252. The maximum Gasteiger partial charge on any atom is 0.0992 e. The number of hydrogen-bond donors (Lipinski definition) is 2. The van der Waals surface area contributed by atoms with Crippen LogP contribution in [0.1, 0.15) is 11.1 Å². The van der Waals surface area contributed by atoms with Gasteiger partial charge in [-0.25, -0.2) is 0 Å². The molecular formula is C15H11ClN4. The van der Waals surface area contributed by atoms with Crippen LogP contribution in [0.15, 0.2) is 36.4 Å². The van der Waals surface area contributed by atoms with Gasteiger partial charge in [-0.1, -0.05) is 11.6 Å². The number of benzene rings is 2. The maximum atomic E-state index is 8.80. The molecule has 0 atom stereocenters. The lowest BCUT2D eigenvalue weighted by Gasteiger charge is -2.10. The van der Waals surface area contributed by atoms with Gasteiger partial charge in [0.25, 0.3) is 0 Å². The molecule has 0 aliphatic carbocycles. The molecule has 3 N–H and O–H groups in total. The van der Waals surface area contributed by atoms with Gasteiger partial charge in [-0.3, -0.25) is 0 Å². The number of nitrogens with one attached hydrogen (secondary N) is 1. The molecular weight excluding hydrogens is 272 g/mol. The summed E-state index contributed by atoms with van der Waals surface area (Å²) in [5, 5.41) is 21.1. The Labute approximate surface area is 122 Å². The summed E-state index contributed by atoms with van der Waals surface area (Å²) >= 11 is 6.10. The van der Waals surface area contributed by atoms with E-state index in [4.69, 9.17) is 27.9 Å². The lowest BCUT2D eigenvalue weighted by molar-refractivity contribution is 1.27. The molecule has 2 rings (SSSR count). The summed E-state index contributed by atoms with van der Waals surface area (Å²) in [7, 11) is 0. The lowest BCUT2D eigenvalue weighted by atomic mass is 10.1. The standard InChI is InChI=1S/C15H11ClN4/c16-13-7-10(9-18)1-4-15(13)20-12-2-3-14(19)11(8-12)5-6-17/h1-4,7-8,20H,5,19H2. The summed E-state index contributed by atoms with van der Waals surface area (Å²) in [6.45, 7) is 0. The van der Waals surface area contributed by atoms with E-state index in [-0.39, 0.29) is 6.42 Å². The largest absolute Gasteiger partial charge is 0.398 e. The van der Waals surface area contributed by atoms with Gasteiger partial charge in [0.2, 0.25) is 0 Å². The number of hydrogen-bond acceptors (Lipinski definition) is 4. The zero-order valence-corrected chi connectivity index (χ0v) is 11.3. The number of nitrogens with two attached hydrogens (primary N) is 1. The van der Waals surface area contributed by atoms with Gasteiger partial charge in [0.15, 0.2) is 0 Å². The summed E-state index contributed by atoms with van der Waals surface area (Å²) in [5.41, 5.74) is 9.13. The topological polar surface area (TPSA) is 85.6 Å². The van der Waals surface area contributed by atoms with Gasteiger partial charge >= 0.3 is 0 Å². The Hall–Kier alpha value is -2.69. The fourth-order valence-electron chi connectivity index (χ4n) is 1.76. The van der Waals surface area contributed by atoms with E-state index in [1.165, 1.54) is 0 Å². The molecule has 0 unspecified atom stereocenters. The van der Waals surface area contributed by atoms with Crippen molar-refractivity contribution in [3.8, 4) is 12.1 Å². The monoisotopic (exact) mass is 282 g/mol. The normalized spacial score (nSPS) is 9.55. The van der Waals surface area contributed by atoms with Crippen molar-refractivity contribution in [3.05, 3.63) is 52.5 Å². The van der Waals surface area contributed by atoms with Gasteiger partial charge in [-0.05, 0) is 42.0 Å². The van der Waals surface area contributed by atoms with Crippen LogP contribution in [-0.4, -0.2) is 0 Å². The highest BCUT2D eigenvalue weighted by Crippen LogP contribution is 2.28. The van der Waals surface area contributed by atoms with Crippen LogP contribution in [-0.2, 0) is 6.42 Å². The van der Waals surface area contributed by atoms with Crippen molar-refractivity contribution in [2.24, 2.45) is 0 Å². The van der Waals surface area contributed by atoms with Crippen LogP contribution in [0, 0.1) is 22.7 Å². The number of anilines is 3. The van der Waals surface area contributed by atoms with Crippen molar-refractivity contribution < 1.29 is 0 Å². The third-order valence-corrected chi connectivity index (χ3v) is 3.10. The molecule has 0 bridgehead atoms. The van der Waals surface area contributed by atoms with Crippen LogP contribution < -0.4 is 11.1 Å². The van der Waals surface area contributed by atoms with Crippen LogP contribution in [0.3, 0.4) is 0 Å². The van der Waals surface area contributed by atoms with E-state index >= 15 is 0 Å². The van der Waals surface area contributed by atoms with Crippen molar-refractivity contribution in [3.63, 3.8) is 0 Å². The molecule has 0 fully saturated rings. The van der Waals surface area contributed by atoms with Gasteiger partial charge in [0, 0.05) is 11.4 Å². The SMILES string of the molecule is N#CCc1cc(Nc2ccc(C#N)cc2Cl)ccc1N. The molecule has 4 nitrogen and oxygen atoms in total. The quantitative estimate of drug-likeness (QED) is 0.842. The second-order valence-corrected chi connectivity index (χ2v) is 4.59. The molecule has 2 aromatic rings. The average Bonchev–Trinajstić information content (AvgIpc) is 2.45. The number of rotatable bonds is 3. The fraction of sp³-hybridized carbons (Fsp3) is 0.0667. The molecule has 0 amide bonds. The van der Waals surface area contributed by atoms with E-state index in [0.29, 0.717) is 22.0 Å². The van der Waals surface area contributed by atoms with E-state index in [1.807, 2.05) is 18.2 Å². The predicted molar refractivity (Wildman–Crippen MR) is 79.6 cm³/mol. The van der Waals surface area contributed by atoms with Crippen molar-refractivity contribution in [2.45, 2.75) is 6.42 Å². The Balaban J connectivity index is 2.29. The van der Waals surface area contributed by atoms with E-state index in [1.54, 1.807) is 24.3 Å². The highest BCUT2D eigenvalue weighted by molar-refractivity contribution is 6.33. The fourth-order valence-corrected chi connectivity index (χ4v) is 1.99. The third kappa shape index (κ3) is 3.00. The molecule has 98 valence electrons.